The third-order valence-electron chi connectivity index (χ3n) is 2.77. The molecule has 0 saturated heterocycles. The molecule has 1 heterocycles. The van der Waals surface area contributed by atoms with Crippen molar-refractivity contribution >= 4 is 16.9 Å². The Morgan fingerprint density at radius 2 is 1.88 bits per heavy atom. The van der Waals surface area contributed by atoms with Gasteiger partial charge in [-0.05, 0) is 12.5 Å². The number of rotatable bonds is 1. The number of aryl methyl sites for hydroxylation is 2. The number of aromatic carboxylic acids is 1. The van der Waals surface area contributed by atoms with Gasteiger partial charge in [0, 0.05) is 18.5 Å². The Balaban J connectivity index is 3.03. The molecule has 0 aliphatic carbocycles. The largest absolute Gasteiger partial charge is 0.477 e. The molecule has 1 aromatic heterocycles. The summed E-state index contributed by atoms with van der Waals surface area (Å²) in [6.07, 6.45) is 0. The Kier molecular flexibility index (Phi) is 2.38. The van der Waals surface area contributed by atoms with E-state index in [4.69, 9.17) is 5.11 Å². The number of nitrogens with zero attached hydrogens (tertiary/aromatic N) is 1. The maximum absolute atomic E-state index is 13.6. The first-order valence-electron chi connectivity index (χ1n) is 4.72. The van der Waals surface area contributed by atoms with Crippen LogP contribution in [-0.4, -0.2) is 15.6 Å². The van der Waals surface area contributed by atoms with Crippen molar-refractivity contribution in [3.63, 3.8) is 0 Å². The molecule has 2 rings (SSSR count). The Morgan fingerprint density at radius 3 is 2.41 bits per heavy atom. The normalized spacial score (nSPS) is 11.1. The summed E-state index contributed by atoms with van der Waals surface area (Å²) in [7, 11) is 1.36. The van der Waals surface area contributed by atoms with E-state index in [1.165, 1.54) is 14.0 Å². The van der Waals surface area contributed by atoms with E-state index in [1.54, 1.807) is 0 Å². The zero-order valence-corrected chi connectivity index (χ0v) is 9.01. The van der Waals surface area contributed by atoms with Gasteiger partial charge in [-0.25, -0.2) is 18.0 Å². The van der Waals surface area contributed by atoms with Gasteiger partial charge in [0.15, 0.2) is 17.5 Å². The predicted octanol–water partition coefficient (Wildman–Crippen LogP) is 2.60. The highest BCUT2D eigenvalue weighted by atomic mass is 19.2. The van der Waals surface area contributed by atoms with Crippen molar-refractivity contribution in [3.05, 3.63) is 34.8 Å². The fourth-order valence-electron chi connectivity index (χ4n) is 2.00. The number of benzene rings is 1. The standard InChI is InChI=1S/C11H8F3NO2/c1-4-7-6(15(2)10(4)11(16)17)3-5(12)8(13)9(7)14/h3H,1-2H3,(H,16,17). The number of hydrogen-bond acceptors (Lipinski definition) is 1. The maximum Gasteiger partial charge on any atom is 0.352 e. The highest BCUT2D eigenvalue weighted by molar-refractivity contribution is 5.98. The van der Waals surface area contributed by atoms with E-state index in [0.29, 0.717) is 0 Å². The molecule has 0 atom stereocenters. The Morgan fingerprint density at radius 1 is 1.29 bits per heavy atom. The van der Waals surface area contributed by atoms with Crippen molar-refractivity contribution in [2.24, 2.45) is 7.05 Å². The molecule has 1 aromatic carbocycles. The number of aromatic nitrogens is 1. The zero-order valence-electron chi connectivity index (χ0n) is 9.01. The predicted molar refractivity (Wildman–Crippen MR) is 54.5 cm³/mol. The minimum Gasteiger partial charge on any atom is -0.477 e. The number of fused-ring (bicyclic) bond motifs is 1. The average Bonchev–Trinajstić information content (AvgIpc) is 2.48. The first kappa shape index (κ1) is 11.5. The van der Waals surface area contributed by atoms with Gasteiger partial charge in [-0.15, -0.1) is 0 Å². The third-order valence-corrected chi connectivity index (χ3v) is 2.77. The zero-order chi connectivity index (χ0) is 12.9. The van der Waals surface area contributed by atoms with Gasteiger partial charge in [0.05, 0.1) is 5.52 Å². The minimum absolute atomic E-state index is 0.0105. The summed E-state index contributed by atoms with van der Waals surface area (Å²) in [5.41, 5.74) is -0.105. The van der Waals surface area contributed by atoms with Crippen LogP contribution in [0.2, 0.25) is 0 Å². The molecule has 17 heavy (non-hydrogen) atoms. The fourth-order valence-corrected chi connectivity index (χ4v) is 2.00. The molecule has 1 N–H and O–H groups in total. The molecule has 0 fully saturated rings. The number of carboxylic acids is 1. The summed E-state index contributed by atoms with van der Waals surface area (Å²) in [6.45, 7) is 1.35. The van der Waals surface area contributed by atoms with E-state index in [0.717, 1.165) is 10.6 Å². The minimum atomic E-state index is -1.59. The van der Waals surface area contributed by atoms with Gasteiger partial charge < -0.3 is 9.67 Å². The number of carbonyl (C=O) groups is 1. The lowest BCUT2D eigenvalue weighted by molar-refractivity contribution is 0.0686. The van der Waals surface area contributed by atoms with Crippen LogP contribution in [0.3, 0.4) is 0 Å². The first-order valence-corrected chi connectivity index (χ1v) is 4.72. The van der Waals surface area contributed by atoms with Crippen LogP contribution in [0.25, 0.3) is 10.9 Å². The number of hydrogen-bond donors (Lipinski definition) is 1. The Labute approximate surface area is 94.1 Å². The topological polar surface area (TPSA) is 42.2 Å². The van der Waals surface area contributed by atoms with Gasteiger partial charge in [0.25, 0.3) is 0 Å². The lowest BCUT2D eigenvalue weighted by atomic mass is 10.1. The Bertz CT molecular complexity index is 646. The molecule has 0 unspecified atom stereocenters. The summed E-state index contributed by atoms with van der Waals surface area (Å²) in [5, 5.41) is 8.74. The molecule has 3 nitrogen and oxygen atoms in total. The summed E-state index contributed by atoms with van der Waals surface area (Å²) in [6, 6.07) is 0.785. The maximum atomic E-state index is 13.6. The van der Waals surface area contributed by atoms with Gasteiger partial charge in [0.2, 0.25) is 0 Å². The first-order chi connectivity index (χ1) is 7.86. The third kappa shape index (κ3) is 1.40. The highest BCUT2D eigenvalue weighted by Gasteiger charge is 2.23. The molecule has 0 aliphatic rings. The smallest absolute Gasteiger partial charge is 0.352 e. The molecule has 0 amide bonds. The molecule has 0 aliphatic heterocycles. The van der Waals surface area contributed by atoms with Crippen LogP contribution in [0.4, 0.5) is 13.2 Å². The van der Waals surface area contributed by atoms with Crippen LogP contribution in [0.15, 0.2) is 6.07 Å². The lowest BCUT2D eigenvalue weighted by Crippen LogP contribution is -2.05. The van der Waals surface area contributed by atoms with Crippen LogP contribution in [0, 0.1) is 24.4 Å². The molecule has 0 bridgehead atoms. The van der Waals surface area contributed by atoms with Crippen LogP contribution in [-0.2, 0) is 7.05 Å². The second kappa shape index (κ2) is 3.51. The molecule has 2 aromatic rings. The van der Waals surface area contributed by atoms with Gasteiger partial charge >= 0.3 is 5.97 Å². The van der Waals surface area contributed by atoms with Crippen LogP contribution in [0.5, 0.6) is 0 Å². The molecular weight excluding hydrogens is 235 g/mol. The van der Waals surface area contributed by atoms with E-state index in [9.17, 15) is 18.0 Å². The second-order valence-electron chi connectivity index (χ2n) is 3.72. The van der Waals surface area contributed by atoms with Gasteiger partial charge in [-0.3, -0.25) is 0 Å². The molecule has 0 saturated carbocycles. The number of halogens is 3. The van der Waals surface area contributed by atoms with Crippen LogP contribution in [0.1, 0.15) is 16.1 Å². The van der Waals surface area contributed by atoms with E-state index in [2.05, 4.69) is 0 Å². The van der Waals surface area contributed by atoms with Gasteiger partial charge in [0.1, 0.15) is 5.69 Å². The fraction of sp³-hybridized carbons (Fsp3) is 0.182. The van der Waals surface area contributed by atoms with Crippen molar-refractivity contribution in [2.75, 3.05) is 0 Å². The summed E-state index contributed by atoms with van der Waals surface area (Å²) >= 11 is 0. The Hall–Kier alpha value is -1.98. The molecule has 90 valence electrons. The lowest BCUT2D eigenvalue weighted by Gasteiger charge is -2.00. The highest BCUT2D eigenvalue weighted by Crippen LogP contribution is 2.29. The molecule has 0 radical (unpaired) electrons. The summed E-state index contributed by atoms with van der Waals surface area (Å²) in [4.78, 5) is 11.0. The molecule has 0 spiro atoms. The van der Waals surface area contributed by atoms with Crippen molar-refractivity contribution < 1.29 is 23.1 Å². The van der Waals surface area contributed by atoms with Gasteiger partial charge in [-0.1, -0.05) is 0 Å². The van der Waals surface area contributed by atoms with Crippen molar-refractivity contribution in [2.45, 2.75) is 6.92 Å². The van der Waals surface area contributed by atoms with E-state index in [-0.39, 0.29) is 22.2 Å². The van der Waals surface area contributed by atoms with Crippen molar-refractivity contribution in [1.29, 1.82) is 0 Å². The summed E-state index contributed by atoms with van der Waals surface area (Å²) < 4.78 is 40.8. The quantitative estimate of drug-likeness (QED) is 0.782. The SMILES string of the molecule is Cc1c(C(=O)O)n(C)c2cc(F)c(F)c(F)c12. The second-order valence-corrected chi connectivity index (χ2v) is 3.72. The molecular formula is C11H8F3NO2. The van der Waals surface area contributed by atoms with Crippen molar-refractivity contribution in [1.82, 2.24) is 4.57 Å². The number of carboxylic acid groups (broad SMARTS) is 1. The van der Waals surface area contributed by atoms with E-state index >= 15 is 0 Å². The van der Waals surface area contributed by atoms with Gasteiger partial charge in [-0.2, -0.15) is 0 Å². The van der Waals surface area contributed by atoms with E-state index < -0.39 is 23.4 Å². The van der Waals surface area contributed by atoms with Crippen molar-refractivity contribution in [3.8, 4) is 0 Å². The average molecular weight is 243 g/mol. The summed E-state index contributed by atoms with van der Waals surface area (Å²) in [5.74, 6) is -5.57. The van der Waals surface area contributed by atoms with E-state index in [1.807, 2.05) is 0 Å². The van der Waals surface area contributed by atoms with Crippen LogP contribution >= 0.6 is 0 Å². The molecule has 6 heteroatoms. The monoisotopic (exact) mass is 243 g/mol. The van der Waals surface area contributed by atoms with Crippen LogP contribution < -0.4 is 0 Å².